The third-order valence-corrected chi connectivity index (χ3v) is 8.22. The van der Waals surface area contributed by atoms with E-state index in [1.165, 1.54) is 0 Å². The lowest BCUT2D eigenvalue weighted by molar-refractivity contribution is -0.134. The highest BCUT2D eigenvalue weighted by Crippen LogP contribution is 2.34. The molecule has 11 heteroatoms. The summed E-state index contributed by atoms with van der Waals surface area (Å²) in [5, 5.41) is 22.0. The SMILES string of the molecule is Cc1ncsc1-c1ccc([C@]2(C)NC(C3C[C@@H](O)CN3C(=O)[C@H](c3cn(C)nn3)C(C)C)=NC2=O)cc1. The van der Waals surface area contributed by atoms with Crippen molar-refractivity contribution in [3.8, 4) is 10.4 Å². The second-order valence-corrected chi connectivity index (χ2v) is 11.2. The predicted octanol–water partition coefficient (Wildman–Crippen LogP) is 2.39. The first kappa shape index (κ1) is 25.2. The van der Waals surface area contributed by atoms with E-state index in [4.69, 9.17) is 0 Å². The number of nitrogens with zero attached hydrogens (tertiary/aromatic N) is 6. The summed E-state index contributed by atoms with van der Waals surface area (Å²) in [6.45, 7) is 7.86. The van der Waals surface area contributed by atoms with Gasteiger partial charge in [-0.2, -0.15) is 4.99 Å². The first-order chi connectivity index (χ1) is 17.6. The van der Waals surface area contributed by atoms with Crippen LogP contribution in [0.1, 0.15) is 50.1 Å². The minimum Gasteiger partial charge on any atom is -0.391 e. The van der Waals surface area contributed by atoms with Crippen molar-refractivity contribution in [3.63, 3.8) is 0 Å². The number of aryl methyl sites for hydroxylation is 2. The topological polar surface area (TPSA) is 126 Å². The number of benzene rings is 1. The zero-order valence-corrected chi connectivity index (χ0v) is 22.4. The number of aromatic nitrogens is 4. The minimum absolute atomic E-state index is 0.0336. The molecule has 5 rings (SSSR count). The van der Waals surface area contributed by atoms with Gasteiger partial charge in [0.05, 0.1) is 39.8 Å². The molecule has 0 bridgehead atoms. The third-order valence-electron chi connectivity index (χ3n) is 7.25. The average Bonchev–Trinajstić information content (AvgIpc) is 3.62. The number of aliphatic hydroxyl groups excluding tert-OH is 1. The minimum atomic E-state index is -1.07. The van der Waals surface area contributed by atoms with Gasteiger partial charge in [-0.3, -0.25) is 14.3 Å². The molecule has 2 amide bonds. The number of hydrogen-bond donors (Lipinski definition) is 2. The fraction of sp³-hybridized carbons (Fsp3) is 0.462. The summed E-state index contributed by atoms with van der Waals surface area (Å²) in [6.07, 6.45) is 1.33. The predicted molar refractivity (Wildman–Crippen MR) is 140 cm³/mol. The van der Waals surface area contributed by atoms with Gasteiger partial charge < -0.3 is 15.3 Å². The van der Waals surface area contributed by atoms with Gasteiger partial charge >= 0.3 is 0 Å². The summed E-state index contributed by atoms with van der Waals surface area (Å²) < 4.78 is 1.57. The van der Waals surface area contributed by atoms with Crippen molar-refractivity contribution in [2.75, 3.05) is 6.54 Å². The number of amidine groups is 1. The van der Waals surface area contributed by atoms with E-state index < -0.39 is 23.6 Å². The summed E-state index contributed by atoms with van der Waals surface area (Å²) in [4.78, 5) is 38.4. The lowest BCUT2D eigenvalue weighted by Crippen LogP contribution is -2.51. The number of aliphatic hydroxyl groups is 1. The maximum atomic E-state index is 13.8. The van der Waals surface area contributed by atoms with Gasteiger partial charge in [0.15, 0.2) is 0 Å². The molecule has 10 nitrogen and oxygen atoms in total. The summed E-state index contributed by atoms with van der Waals surface area (Å²) in [7, 11) is 1.76. The molecule has 37 heavy (non-hydrogen) atoms. The van der Waals surface area contributed by atoms with Gasteiger partial charge in [-0.05, 0) is 30.9 Å². The molecule has 194 valence electrons. The van der Waals surface area contributed by atoms with E-state index in [0.29, 0.717) is 18.0 Å². The summed E-state index contributed by atoms with van der Waals surface area (Å²) >= 11 is 1.58. The number of amides is 2. The maximum Gasteiger partial charge on any atom is 0.277 e. The Balaban J connectivity index is 1.39. The number of carbonyl (C=O) groups is 2. The standard InChI is InChI=1S/C26H31N7O3S/c1-14(2)21(19-12-32(5)31-30-19)24(35)33-11-18(34)10-20(33)23-28-25(36)26(4,29-23)17-8-6-16(7-9-17)22-15(3)27-13-37-22/h6-9,12-14,18,20-21,34H,10-11H2,1-5H3,(H,28,29,36)/t18-,20?,21+,26+/m1/s1. The first-order valence-electron chi connectivity index (χ1n) is 12.4. The number of aliphatic imine (C=N–C) groups is 1. The third kappa shape index (κ3) is 4.46. The van der Waals surface area contributed by atoms with Crippen molar-refractivity contribution < 1.29 is 14.7 Å². The van der Waals surface area contributed by atoms with Crippen LogP contribution in [-0.4, -0.2) is 66.3 Å². The molecule has 1 saturated heterocycles. The van der Waals surface area contributed by atoms with Crippen molar-refractivity contribution >= 4 is 29.0 Å². The zero-order chi connectivity index (χ0) is 26.5. The van der Waals surface area contributed by atoms with Crippen molar-refractivity contribution in [3.05, 3.63) is 52.9 Å². The summed E-state index contributed by atoms with van der Waals surface area (Å²) in [5.41, 5.74) is 4.12. The molecule has 4 heterocycles. The molecule has 4 atom stereocenters. The van der Waals surface area contributed by atoms with E-state index in [9.17, 15) is 14.7 Å². The van der Waals surface area contributed by atoms with E-state index in [2.05, 4.69) is 25.6 Å². The van der Waals surface area contributed by atoms with Crippen LogP contribution in [0.4, 0.5) is 0 Å². The molecule has 0 aliphatic carbocycles. The molecule has 1 unspecified atom stereocenters. The van der Waals surface area contributed by atoms with Crippen molar-refractivity contribution in [1.82, 2.24) is 30.2 Å². The van der Waals surface area contributed by atoms with E-state index in [1.807, 2.05) is 50.5 Å². The molecule has 0 radical (unpaired) electrons. The quantitative estimate of drug-likeness (QED) is 0.510. The molecule has 2 aromatic heterocycles. The highest BCUT2D eigenvalue weighted by Gasteiger charge is 2.48. The Kier molecular flexibility index (Phi) is 6.45. The Morgan fingerprint density at radius 2 is 2.00 bits per heavy atom. The van der Waals surface area contributed by atoms with Crippen molar-refractivity contribution in [1.29, 1.82) is 0 Å². The van der Waals surface area contributed by atoms with E-state index in [-0.39, 0.29) is 24.3 Å². The number of carbonyl (C=O) groups excluding carboxylic acids is 2. The van der Waals surface area contributed by atoms with Gasteiger partial charge in [0, 0.05) is 26.2 Å². The van der Waals surface area contributed by atoms with Crippen LogP contribution in [0.3, 0.4) is 0 Å². The molecule has 2 aliphatic heterocycles. The lowest BCUT2D eigenvalue weighted by atomic mass is 9.90. The Morgan fingerprint density at radius 3 is 2.59 bits per heavy atom. The van der Waals surface area contributed by atoms with Crippen LogP contribution in [-0.2, 0) is 22.2 Å². The molecule has 3 aromatic rings. The summed E-state index contributed by atoms with van der Waals surface area (Å²) in [5.74, 6) is -0.636. The Bertz CT molecular complexity index is 1360. The average molecular weight is 522 g/mol. The number of thiazole rings is 1. The molecular weight excluding hydrogens is 490 g/mol. The molecule has 2 N–H and O–H groups in total. The molecule has 1 aromatic carbocycles. The molecular formula is C26H31N7O3S. The van der Waals surface area contributed by atoms with Gasteiger partial charge in [-0.25, -0.2) is 4.98 Å². The van der Waals surface area contributed by atoms with Gasteiger partial charge in [-0.1, -0.05) is 43.3 Å². The number of hydrogen-bond acceptors (Lipinski definition) is 8. The Morgan fingerprint density at radius 1 is 1.27 bits per heavy atom. The first-order valence-corrected chi connectivity index (χ1v) is 13.2. The van der Waals surface area contributed by atoms with Gasteiger partial charge in [0.1, 0.15) is 11.4 Å². The number of β-amino-alcohol motifs (C(OH)–C–C–N with tert-alkyl or cyclic N) is 1. The van der Waals surface area contributed by atoms with Gasteiger partial charge in [0.25, 0.3) is 5.91 Å². The second kappa shape index (κ2) is 9.46. The van der Waals surface area contributed by atoms with Crippen molar-refractivity contribution in [2.45, 2.75) is 57.7 Å². The van der Waals surface area contributed by atoms with Crippen LogP contribution < -0.4 is 5.32 Å². The maximum absolute atomic E-state index is 13.8. The van der Waals surface area contributed by atoms with Crippen LogP contribution in [0, 0.1) is 12.8 Å². The normalized spacial score (nSPS) is 24.5. The van der Waals surface area contributed by atoms with Gasteiger partial charge in [-0.15, -0.1) is 16.4 Å². The zero-order valence-electron chi connectivity index (χ0n) is 21.5. The molecule has 0 spiro atoms. The van der Waals surface area contributed by atoms with Crippen molar-refractivity contribution in [2.24, 2.45) is 18.0 Å². The van der Waals surface area contributed by atoms with E-state index in [0.717, 1.165) is 21.7 Å². The second-order valence-electron chi connectivity index (χ2n) is 10.3. The van der Waals surface area contributed by atoms with Crippen LogP contribution in [0.25, 0.3) is 10.4 Å². The van der Waals surface area contributed by atoms with Crippen LogP contribution >= 0.6 is 11.3 Å². The number of likely N-dealkylation sites (tertiary alicyclic amines) is 1. The largest absolute Gasteiger partial charge is 0.391 e. The Hall–Kier alpha value is -3.44. The summed E-state index contributed by atoms with van der Waals surface area (Å²) in [6, 6.07) is 7.28. The molecule has 1 fully saturated rings. The van der Waals surface area contributed by atoms with Crippen LogP contribution in [0.2, 0.25) is 0 Å². The van der Waals surface area contributed by atoms with E-state index >= 15 is 0 Å². The number of nitrogens with one attached hydrogen (secondary N) is 1. The van der Waals surface area contributed by atoms with Crippen LogP contribution in [0.5, 0.6) is 0 Å². The van der Waals surface area contributed by atoms with Crippen LogP contribution in [0.15, 0.2) is 41.0 Å². The fourth-order valence-corrected chi connectivity index (χ4v) is 6.01. The highest BCUT2D eigenvalue weighted by atomic mass is 32.1. The molecule has 2 aliphatic rings. The number of rotatable bonds is 6. The smallest absolute Gasteiger partial charge is 0.277 e. The van der Waals surface area contributed by atoms with E-state index in [1.54, 1.807) is 41.1 Å². The molecule has 0 saturated carbocycles. The highest BCUT2D eigenvalue weighted by molar-refractivity contribution is 7.13. The monoisotopic (exact) mass is 521 g/mol. The lowest BCUT2D eigenvalue weighted by Gasteiger charge is -2.31. The van der Waals surface area contributed by atoms with Gasteiger partial charge in [0.2, 0.25) is 5.91 Å². The fourth-order valence-electron chi connectivity index (χ4n) is 5.20. The Labute approximate surface area is 219 Å².